The first-order valence-corrected chi connectivity index (χ1v) is 9.22. The molecule has 0 saturated carbocycles. The molecule has 0 fully saturated rings. The van der Waals surface area contributed by atoms with Crippen LogP contribution >= 0.6 is 0 Å². The predicted octanol–water partition coefficient (Wildman–Crippen LogP) is 6.10. The lowest BCUT2D eigenvalue weighted by Gasteiger charge is -2.24. The predicted molar refractivity (Wildman–Crippen MR) is 106 cm³/mol. The van der Waals surface area contributed by atoms with Gasteiger partial charge in [-0.3, -0.25) is 4.79 Å². The Balaban J connectivity index is 2.23. The third-order valence-electron chi connectivity index (χ3n) is 4.65. The molecular weight excluding hydrogens is 324 g/mol. The van der Waals surface area contributed by atoms with Crippen LogP contribution in [0, 0.1) is 11.3 Å². The first kappa shape index (κ1) is 20.0. The van der Waals surface area contributed by atoms with E-state index in [1.807, 2.05) is 57.2 Å². The highest BCUT2D eigenvalue weighted by atomic mass is 16.5. The number of aliphatic hydroxyl groups excluding tert-OH is 1. The van der Waals surface area contributed by atoms with E-state index >= 15 is 0 Å². The summed E-state index contributed by atoms with van der Waals surface area (Å²) in [7, 11) is 0. The molecule has 1 aromatic carbocycles. The Morgan fingerprint density at radius 2 is 1.69 bits per heavy atom. The summed E-state index contributed by atoms with van der Waals surface area (Å²) >= 11 is 0. The SMILES string of the molecule is CC(C)C(=C1C=CC(O)=CC1)C(C)c1ccc(OC(=O)C(C)(C)C)cc1. The lowest BCUT2D eigenvalue weighted by Crippen LogP contribution is -2.25. The van der Waals surface area contributed by atoms with Gasteiger partial charge in [-0.1, -0.05) is 44.6 Å². The van der Waals surface area contributed by atoms with Crippen molar-refractivity contribution in [1.29, 1.82) is 0 Å². The summed E-state index contributed by atoms with van der Waals surface area (Å²) in [4.78, 5) is 12.0. The van der Waals surface area contributed by atoms with Gasteiger partial charge in [-0.05, 0) is 68.5 Å². The number of rotatable bonds is 4. The molecule has 26 heavy (non-hydrogen) atoms. The van der Waals surface area contributed by atoms with Crippen molar-refractivity contribution in [2.75, 3.05) is 0 Å². The fourth-order valence-electron chi connectivity index (χ4n) is 3.16. The molecule has 0 saturated heterocycles. The third-order valence-corrected chi connectivity index (χ3v) is 4.65. The average Bonchev–Trinajstić information content (AvgIpc) is 2.56. The summed E-state index contributed by atoms with van der Waals surface area (Å²) in [6, 6.07) is 7.78. The second-order valence-corrected chi connectivity index (χ2v) is 8.23. The minimum Gasteiger partial charge on any atom is -0.508 e. The quantitative estimate of drug-likeness (QED) is 0.525. The van der Waals surface area contributed by atoms with Crippen LogP contribution in [0.4, 0.5) is 0 Å². The number of benzene rings is 1. The van der Waals surface area contributed by atoms with Crippen LogP contribution in [0.5, 0.6) is 5.75 Å². The molecule has 1 aliphatic carbocycles. The third kappa shape index (κ3) is 4.87. The van der Waals surface area contributed by atoms with E-state index in [1.54, 1.807) is 6.08 Å². The normalized spacial score (nSPS) is 17.7. The largest absolute Gasteiger partial charge is 0.508 e. The maximum absolute atomic E-state index is 12.0. The Hall–Kier alpha value is -2.29. The van der Waals surface area contributed by atoms with E-state index in [9.17, 15) is 9.90 Å². The van der Waals surface area contributed by atoms with Crippen LogP contribution in [0.2, 0.25) is 0 Å². The highest BCUT2D eigenvalue weighted by Crippen LogP contribution is 2.35. The van der Waals surface area contributed by atoms with E-state index in [0.717, 1.165) is 6.42 Å². The van der Waals surface area contributed by atoms with Crippen LogP contribution in [0.3, 0.4) is 0 Å². The topological polar surface area (TPSA) is 46.5 Å². The van der Waals surface area contributed by atoms with E-state index in [2.05, 4.69) is 20.8 Å². The van der Waals surface area contributed by atoms with Gasteiger partial charge in [0.15, 0.2) is 0 Å². The maximum Gasteiger partial charge on any atom is 0.316 e. The summed E-state index contributed by atoms with van der Waals surface area (Å²) in [6.07, 6.45) is 6.37. The van der Waals surface area contributed by atoms with Gasteiger partial charge in [-0.25, -0.2) is 0 Å². The van der Waals surface area contributed by atoms with Crippen LogP contribution < -0.4 is 4.74 Å². The van der Waals surface area contributed by atoms with Crippen LogP contribution in [0.25, 0.3) is 0 Å². The number of carbonyl (C=O) groups excluding carboxylic acids is 1. The van der Waals surface area contributed by atoms with E-state index in [1.165, 1.54) is 16.7 Å². The number of hydrogen-bond donors (Lipinski definition) is 1. The second kappa shape index (κ2) is 7.94. The van der Waals surface area contributed by atoms with Crippen molar-refractivity contribution in [3.63, 3.8) is 0 Å². The van der Waals surface area contributed by atoms with Gasteiger partial charge in [0.1, 0.15) is 11.5 Å². The van der Waals surface area contributed by atoms with Crippen LogP contribution in [0.1, 0.15) is 59.4 Å². The first-order chi connectivity index (χ1) is 12.1. The number of hydrogen-bond acceptors (Lipinski definition) is 3. The molecule has 0 aromatic heterocycles. The second-order valence-electron chi connectivity index (χ2n) is 8.23. The van der Waals surface area contributed by atoms with Crippen molar-refractivity contribution in [2.24, 2.45) is 11.3 Å². The molecule has 3 heteroatoms. The summed E-state index contributed by atoms with van der Waals surface area (Å²) < 4.78 is 5.45. The van der Waals surface area contributed by atoms with Gasteiger partial charge in [0.05, 0.1) is 5.41 Å². The molecular formula is C23H30O3. The summed E-state index contributed by atoms with van der Waals surface area (Å²) in [5.41, 5.74) is 3.29. The van der Waals surface area contributed by atoms with Crippen molar-refractivity contribution < 1.29 is 14.6 Å². The Labute approximate surface area is 157 Å². The zero-order valence-electron chi connectivity index (χ0n) is 16.7. The molecule has 0 heterocycles. The minimum absolute atomic E-state index is 0.234. The van der Waals surface area contributed by atoms with E-state index in [4.69, 9.17) is 4.74 Å². The molecule has 1 aliphatic rings. The van der Waals surface area contributed by atoms with Crippen LogP contribution in [-0.4, -0.2) is 11.1 Å². The first-order valence-electron chi connectivity index (χ1n) is 9.22. The zero-order valence-corrected chi connectivity index (χ0v) is 16.7. The summed E-state index contributed by atoms with van der Waals surface area (Å²) in [6.45, 7) is 12.1. The number of aliphatic hydroxyl groups is 1. The van der Waals surface area contributed by atoms with Gasteiger partial charge in [0.2, 0.25) is 0 Å². The Kier molecular flexibility index (Phi) is 6.12. The fraction of sp³-hybridized carbons (Fsp3) is 0.435. The van der Waals surface area contributed by atoms with Gasteiger partial charge < -0.3 is 9.84 Å². The molecule has 0 radical (unpaired) electrons. The number of esters is 1. The molecule has 0 aliphatic heterocycles. The number of carbonyl (C=O) groups is 1. The fourth-order valence-corrected chi connectivity index (χ4v) is 3.16. The van der Waals surface area contributed by atoms with Crippen molar-refractivity contribution in [2.45, 2.75) is 53.9 Å². The zero-order chi connectivity index (χ0) is 19.5. The molecule has 1 atom stereocenters. The Morgan fingerprint density at radius 1 is 1.08 bits per heavy atom. The standard InChI is InChI=1S/C23H30O3/c1-15(2)21(18-7-11-19(24)12-8-18)16(3)17-9-13-20(14-10-17)26-22(25)23(4,5)6/h7,9-16,24H,8H2,1-6H3. The van der Waals surface area contributed by atoms with E-state index in [0.29, 0.717) is 17.4 Å². The van der Waals surface area contributed by atoms with Gasteiger partial charge >= 0.3 is 5.97 Å². The van der Waals surface area contributed by atoms with Gasteiger partial charge in [0.25, 0.3) is 0 Å². The Morgan fingerprint density at radius 3 is 2.15 bits per heavy atom. The van der Waals surface area contributed by atoms with Gasteiger partial charge in [0, 0.05) is 5.92 Å². The monoisotopic (exact) mass is 354 g/mol. The summed E-state index contributed by atoms with van der Waals surface area (Å²) in [5, 5.41) is 9.57. The smallest absolute Gasteiger partial charge is 0.316 e. The lowest BCUT2D eigenvalue weighted by molar-refractivity contribution is -0.142. The van der Waals surface area contributed by atoms with Crippen LogP contribution in [0.15, 0.2) is 59.4 Å². The number of ether oxygens (including phenoxy) is 1. The lowest BCUT2D eigenvalue weighted by atomic mass is 9.81. The molecule has 0 spiro atoms. The van der Waals surface area contributed by atoms with Crippen molar-refractivity contribution >= 4 is 5.97 Å². The molecule has 0 amide bonds. The van der Waals surface area contributed by atoms with Crippen molar-refractivity contribution in [3.8, 4) is 5.75 Å². The maximum atomic E-state index is 12.0. The Bertz CT molecular complexity index is 741. The van der Waals surface area contributed by atoms with Crippen molar-refractivity contribution in [3.05, 3.63) is 65.0 Å². The highest BCUT2D eigenvalue weighted by Gasteiger charge is 2.24. The molecule has 140 valence electrons. The van der Waals surface area contributed by atoms with E-state index in [-0.39, 0.29) is 11.9 Å². The average molecular weight is 354 g/mol. The van der Waals surface area contributed by atoms with Crippen molar-refractivity contribution in [1.82, 2.24) is 0 Å². The van der Waals surface area contributed by atoms with Crippen LogP contribution in [-0.2, 0) is 4.79 Å². The molecule has 1 aromatic rings. The number of allylic oxidation sites excluding steroid dienone is 5. The van der Waals surface area contributed by atoms with Gasteiger partial charge in [-0.15, -0.1) is 0 Å². The van der Waals surface area contributed by atoms with E-state index < -0.39 is 5.41 Å². The highest BCUT2D eigenvalue weighted by molar-refractivity contribution is 5.77. The summed E-state index contributed by atoms with van der Waals surface area (Å²) in [5.74, 6) is 1.31. The molecule has 2 rings (SSSR count). The van der Waals surface area contributed by atoms with Gasteiger partial charge in [-0.2, -0.15) is 0 Å². The molecule has 1 N–H and O–H groups in total. The molecule has 0 bridgehead atoms. The molecule has 1 unspecified atom stereocenters. The minimum atomic E-state index is -0.520. The molecule has 3 nitrogen and oxygen atoms in total.